The van der Waals surface area contributed by atoms with Crippen molar-refractivity contribution in [2.24, 2.45) is 0 Å². The van der Waals surface area contributed by atoms with Gasteiger partial charge in [-0.2, -0.15) is 0 Å². The van der Waals surface area contributed by atoms with Gasteiger partial charge in [-0.05, 0) is 37.1 Å². The number of hydrogen-bond donors (Lipinski definition) is 7. The molecule has 8 N–H and O–H groups in total. The number of hydrogen-bond acceptors (Lipinski definition) is 14. The van der Waals surface area contributed by atoms with Gasteiger partial charge in [-0.25, -0.2) is 0 Å². The van der Waals surface area contributed by atoms with Crippen LogP contribution < -0.4 is 15.8 Å². The standard InChI is InChI=1S/C27H24N2O8.C11H21NO4/c1-37-17-7-3-6-14-19(17)25(34)21-20(22(14)31)23(32)15-9-27(36,10-16(30)18(15)24(21)33)26(35)29-11-12-4-2-5-13(28)8-12;1-8-11(13)9(3-5-15-8)12-4-6-16-10(7-12)14-2/h2-8,16,30,32-33,36H,9-11,28H2,1H3,(H,29,35);8-11,13H,3-7H2,1-2H3. The Morgan fingerprint density at radius 2 is 1.75 bits per heavy atom. The summed E-state index contributed by atoms with van der Waals surface area (Å²) in [6.45, 7) is 4.93. The molecule has 0 radical (unpaired) electrons. The minimum Gasteiger partial charge on any atom is -0.507 e. The van der Waals surface area contributed by atoms with Crippen molar-refractivity contribution >= 4 is 23.2 Å². The van der Waals surface area contributed by atoms with Crippen molar-refractivity contribution in [2.45, 2.75) is 69.0 Å². The van der Waals surface area contributed by atoms with E-state index >= 15 is 0 Å². The topological polar surface area (TPSA) is 231 Å². The summed E-state index contributed by atoms with van der Waals surface area (Å²) >= 11 is 0. The number of anilines is 1. The average Bonchev–Trinajstić information content (AvgIpc) is 3.15. The van der Waals surface area contributed by atoms with Crippen LogP contribution in [0.2, 0.25) is 0 Å². The first-order chi connectivity index (χ1) is 25.3. The Hall–Kier alpha value is -4.61. The lowest BCUT2D eigenvalue weighted by molar-refractivity contribution is -0.190. The summed E-state index contributed by atoms with van der Waals surface area (Å²) in [6.07, 6.45) is -2.43. The van der Waals surface area contributed by atoms with Gasteiger partial charge in [0.2, 0.25) is 5.78 Å². The summed E-state index contributed by atoms with van der Waals surface area (Å²) in [6, 6.07) is 11.3. The van der Waals surface area contributed by atoms with Gasteiger partial charge in [0.25, 0.3) is 5.91 Å². The molecule has 15 heteroatoms. The van der Waals surface area contributed by atoms with Gasteiger partial charge in [-0.3, -0.25) is 19.3 Å². The first-order valence-corrected chi connectivity index (χ1v) is 17.4. The quantitative estimate of drug-likeness (QED) is 0.109. The summed E-state index contributed by atoms with van der Waals surface area (Å²) < 4.78 is 21.3. The van der Waals surface area contributed by atoms with Gasteiger partial charge in [0.15, 0.2) is 12.1 Å². The highest BCUT2D eigenvalue weighted by atomic mass is 16.7. The van der Waals surface area contributed by atoms with Crippen LogP contribution >= 0.6 is 0 Å². The number of carbonyl (C=O) groups excluding carboxylic acids is 3. The summed E-state index contributed by atoms with van der Waals surface area (Å²) in [5.41, 5.74) is 3.33. The van der Waals surface area contributed by atoms with Crippen molar-refractivity contribution in [2.75, 3.05) is 46.3 Å². The second kappa shape index (κ2) is 15.4. The predicted molar refractivity (Wildman–Crippen MR) is 189 cm³/mol. The number of rotatable bonds is 6. The van der Waals surface area contributed by atoms with E-state index in [1.54, 1.807) is 31.4 Å². The number of nitrogens with one attached hydrogen (secondary N) is 1. The highest BCUT2D eigenvalue weighted by Crippen LogP contribution is 2.51. The number of aliphatic hydroxyl groups excluding tert-OH is 2. The zero-order valence-corrected chi connectivity index (χ0v) is 29.7. The van der Waals surface area contributed by atoms with E-state index in [4.69, 9.17) is 24.7 Å². The lowest BCUT2D eigenvalue weighted by Gasteiger charge is -2.43. The molecule has 0 aromatic heterocycles. The number of benzene rings is 3. The number of phenolic OH excluding ortho intramolecular Hbond substituents is 2. The molecule has 1 amide bonds. The van der Waals surface area contributed by atoms with E-state index in [-0.39, 0.29) is 53.0 Å². The van der Waals surface area contributed by atoms with Crippen molar-refractivity contribution in [3.05, 3.63) is 81.4 Å². The van der Waals surface area contributed by atoms with Gasteiger partial charge in [-0.15, -0.1) is 0 Å². The van der Waals surface area contributed by atoms with Crippen LogP contribution in [0.3, 0.4) is 0 Å². The maximum absolute atomic E-state index is 13.4. The summed E-state index contributed by atoms with van der Waals surface area (Å²) in [4.78, 5) is 42.0. The average molecular weight is 736 g/mol. The molecular formula is C38H45N3O12. The number of amides is 1. The maximum Gasteiger partial charge on any atom is 0.252 e. The number of nitrogen functional groups attached to an aromatic ring is 1. The molecule has 0 saturated carbocycles. The molecule has 3 aromatic rings. The molecule has 2 fully saturated rings. The Morgan fingerprint density at radius 3 is 2.47 bits per heavy atom. The van der Waals surface area contributed by atoms with Gasteiger partial charge in [0.1, 0.15) is 22.8 Å². The Morgan fingerprint density at radius 1 is 1.02 bits per heavy atom. The van der Waals surface area contributed by atoms with E-state index in [1.807, 2.05) is 6.92 Å². The number of ketones is 2. The van der Waals surface area contributed by atoms with E-state index in [9.17, 15) is 39.9 Å². The number of aliphatic hydroxyl groups is 3. The van der Waals surface area contributed by atoms with Crippen molar-refractivity contribution in [3.8, 4) is 17.2 Å². The Labute approximate surface area is 305 Å². The number of nitrogens with zero attached hydrogens (tertiary/aromatic N) is 1. The molecule has 4 aliphatic rings. The first-order valence-electron chi connectivity index (χ1n) is 17.4. The molecule has 2 aliphatic carbocycles. The number of fused-ring (bicyclic) bond motifs is 3. The zero-order chi connectivity index (χ0) is 38.2. The van der Waals surface area contributed by atoms with Gasteiger partial charge in [-0.1, -0.05) is 24.3 Å². The van der Waals surface area contributed by atoms with Crippen LogP contribution in [0.15, 0.2) is 42.5 Å². The molecule has 6 unspecified atom stereocenters. The highest BCUT2D eigenvalue weighted by molar-refractivity contribution is 6.31. The van der Waals surface area contributed by atoms with Crippen molar-refractivity contribution < 1.29 is 58.9 Å². The fraction of sp³-hybridized carbons (Fsp3) is 0.447. The van der Waals surface area contributed by atoms with Gasteiger partial charge < -0.3 is 55.5 Å². The number of carbonyl (C=O) groups is 3. The molecule has 53 heavy (non-hydrogen) atoms. The number of methoxy groups -OCH3 is 2. The Kier molecular flexibility index (Phi) is 11.1. The van der Waals surface area contributed by atoms with Crippen LogP contribution in [-0.2, 0) is 32.0 Å². The van der Waals surface area contributed by atoms with Crippen molar-refractivity contribution in [3.63, 3.8) is 0 Å². The van der Waals surface area contributed by atoms with Crippen LogP contribution in [0.5, 0.6) is 17.2 Å². The fourth-order valence-corrected chi connectivity index (χ4v) is 7.60. The summed E-state index contributed by atoms with van der Waals surface area (Å²) in [7, 11) is 2.98. The molecule has 2 heterocycles. The van der Waals surface area contributed by atoms with E-state index in [0.29, 0.717) is 17.9 Å². The minimum atomic E-state index is -2.17. The van der Waals surface area contributed by atoms with Gasteiger partial charge in [0, 0.05) is 74.6 Å². The molecule has 3 aromatic carbocycles. The van der Waals surface area contributed by atoms with E-state index in [2.05, 4.69) is 10.2 Å². The van der Waals surface area contributed by atoms with Gasteiger partial charge in [0.05, 0.1) is 48.7 Å². The van der Waals surface area contributed by atoms with Crippen LogP contribution in [0.25, 0.3) is 0 Å². The third-order valence-corrected chi connectivity index (χ3v) is 10.4. The number of aromatic hydroxyl groups is 2. The molecule has 2 saturated heterocycles. The number of phenols is 2. The minimum absolute atomic E-state index is 0.0296. The van der Waals surface area contributed by atoms with Gasteiger partial charge >= 0.3 is 0 Å². The molecule has 284 valence electrons. The Balaban J connectivity index is 0.000000250. The lowest BCUT2D eigenvalue weighted by Crippen LogP contribution is -2.57. The highest BCUT2D eigenvalue weighted by Gasteiger charge is 2.48. The summed E-state index contributed by atoms with van der Waals surface area (Å²) in [5.74, 6) is -3.58. The number of morpholine rings is 1. The van der Waals surface area contributed by atoms with E-state index in [0.717, 1.165) is 26.1 Å². The third kappa shape index (κ3) is 7.21. The second-order valence-electron chi connectivity index (χ2n) is 13.7. The SMILES string of the molecule is COC1CN(C2CCOC(C)C2O)CCO1.COc1cccc2c1C(=O)c1c(O)c3c(c(O)c1C2=O)CC(O)(C(=O)NCc1cccc(N)c1)CC3O. The second-order valence-corrected chi connectivity index (χ2v) is 13.7. The molecule has 7 rings (SSSR count). The summed E-state index contributed by atoms with van der Waals surface area (Å²) in [5, 5.41) is 57.0. The number of ether oxygens (including phenoxy) is 4. The molecule has 0 bridgehead atoms. The normalized spacial score (nSPS) is 26.7. The Bertz CT molecular complexity index is 1900. The van der Waals surface area contributed by atoms with E-state index < -0.39 is 70.8 Å². The van der Waals surface area contributed by atoms with Crippen LogP contribution in [0.1, 0.15) is 74.4 Å². The fourth-order valence-electron chi connectivity index (χ4n) is 7.60. The molecule has 0 spiro atoms. The van der Waals surface area contributed by atoms with Crippen molar-refractivity contribution in [1.29, 1.82) is 0 Å². The molecule has 6 atom stereocenters. The van der Waals surface area contributed by atoms with Crippen LogP contribution in [0.4, 0.5) is 5.69 Å². The largest absolute Gasteiger partial charge is 0.507 e. The monoisotopic (exact) mass is 735 g/mol. The van der Waals surface area contributed by atoms with E-state index in [1.165, 1.54) is 25.3 Å². The smallest absolute Gasteiger partial charge is 0.252 e. The zero-order valence-electron chi connectivity index (χ0n) is 29.7. The third-order valence-electron chi connectivity index (χ3n) is 10.4. The molecule has 2 aliphatic heterocycles. The molecular weight excluding hydrogens is 690 g/mol. The van der Waals surface area contributed by atoms with Crippen LogP contribution in [0, 0.1) is 0 Å². The first kappa shape index (κ1) is 38.1. The predicted octanol–water partition coefficient (Wildman–Crippen LogP) is 1.32. The lowest BCUT2D eigenvalue weighted by atomic mass is 9.72. The number of nitrogens with two attached hydrogens (primary N) is 1. The van der Waals surface area contributed by atoms with Crippen LogP contribution in [-0.4, -0.2) is 119 Å². The van der Waals surface area contributed by atoms with Crippen molar-refractivity contribution in [1.82, 2.24) is 10.2 Å². The molecule has 15 nitrogen and oxygen atoms in total. The maximum atomic E-state index is 13.4.